The summed E-state index contributed by atoms with van der Waals surface area (Å²) in [5.74, 6) is 0.555. The largest absolute Gasteiger partial charge is 0.381 e. The van der Waals surface area contributed by atoms with Crippen molar-refractivity contribution < 1.29 is 9.47 Å². The van der Waals surface area contributed by atoms with Gasteiger partial charge in [-0.1, -0.05) is 24.3 Å². The molecule has 3 nitrogen and oxygen atoms in total. The highest BCUT2D eigenvalue weighted by Gasteiger charge is 2.16. The van der Waals surface area contributed by atoms with Crippen molar-refractivity contribution in [2.45, 2.75) is 19.4 Å². The summed E-state index contributed by atoms with van der Waals surface area (Å²) in [6.07, 6.45) is 1.11. The van der Waals surface area contributed by atoms with Crippen molar-refractivity contribution in [3.05, 3.63) is 35.4 Å². The van der Waals surface area contributed by atoms with Gasteiger partial charge in [-0.3, -0.25) is 0 Å². The zero-order chi connectivity index (χ0) is 12.1. The van der Waals surface area contributed by atoms with E-state index in [4.69, 9.17) is 15.2 Å². The average molecular weight is 235 g/mol. The Morgan fingerprint density at radius 2 is 2.29 bits per heavy atom. The highest BCUT2D eigenvalue weighted by molar-refractivity contribution is 5.28. The molecule has 2 N–H and O–H groups in total. The maximum atomic E-state index is 6.12. The Balaban J connectivity index is 1.77. The van der Waals surface area contributed by atoms with Gasteiger partial charge < -0.3 is 15.2 Å². The van der Waals surface area contributed by atoms with Crippen LogP contribution in [0.2, 0.25) is 0 Å². The fourth-order valence-electron chi connectivity index (χ4n) is 2.17. The summed E-state index contributed by atoms with van der Waals surface area (Å²) >= 11 is 0. The minimum absolute atomic E-state index is 0.0291. The summed E-state index contributed by atoms with van der Waals surface area (Å²) in [7, 11) is 0. The second kappa shape index (κ2) is 6.15. The summed E-state index contributed by atoms with van der Waals surface area (Å²) < 4.78 is 11.0. The van der Waals surface area contributed by atoms with Crippen LogP contribution in [0.25, 0.3) is 0 Å². The Hall–Kier alpha value is -0.900. The summed E-state index contributed by atoms with van der Waals surface area (Å²) in [6.45, 7) is 5.14. The van der Waals surface area contributed by atoms with Gasteiger partial charge in [-0.25, -0.2) is 0 Å². The molecule has 1 saturated heterocycles. The van der Waals surface area contributed by atoms with Crippen molar-refractivity contribution in [1.82, 2.24) is 0 Å². The molecule has 0 aromatic heterocycles. The quantitative estimate of drug-likeness (QED) is 0.849. The number of aryl methyl sites for hydroxylation is 1. The van der Waals surface area contributed by atoms with Crippen LogP contribution in [0.5, 0.6) is 0 Å². The Morgan fingerprint density at radius 3 is 3.00 bits per heavy atom. The van der Waals surface area contributed by atoms with Crippen molar-refractivity contribution in [3.8, 4) is 0 Å². The van der Waals surface area contributed by atoms with Crippen LogP contribution >= 0.6 is 0 Å². The van der Waals surface area contributed by atoms with Gasteiger partial charge in [0.15, 0.2) is 0 Å². The third-order valence-corrected chi connectivity index (χ3v) is 3.26. The van der Waals surface area contributed by atoms with E-state index >= 15 is 0 Å². The van der Waals surface area contributed by atoms with E-state index in [1.165, 1.54) is 11.1 Å². The van der Waals surface area contributed by atoms with Crippen LogP contribution in [-0.2, 0) is 9.47 Å². The third-order valence-electron chi connectivity index (χ3n) is 3.26. The zero-order valence-electron chi connectivity index (χ0n) is 10.4. The number of benzene rings is 1. The van der Waals surface area contributed by atoms with Crippen molar-refractivity contribution in [2.75, 3.05) is 26.4 Å². The Labute approximate surface area is 103 Å². The van der Waals surface area contributed by atoms with Crippen LogP contribution in [0.4, 0.5) is 0 Å². The van der Waals surface area contributed by atoms with Crippen molar-refractivity contribution >= 4 is 0 Å². The molecule has 0 amide bonds. The van der Waals surface area contributed by atoms with Crippen molar-refractivity contribution in [2.24, 2.45) is 11.7 Å². The second-order valence-electron chi connectivity index (χ2n) is 4.73. The van der Waals surface area contributed by atoms with E-state index in [0.29, 0.717) is 12.5 Å². The molecule has 0 spiro atoms. The van der Waals surface area contributed by atoms with E-state index in [0.717, 1.165) is 26.2 Å². The molecule has 1 aromatic rings. The lowest BCUT2D eigenvalue weighted by atomic mass is 10.0. The highest BCUT2D eigenvalue weighted by Crippen LogP contribution is 2.17. The summed E-state index contributed by atoms with van der Waals surface area (Å²) in [4.78, 5) is 0. The average Bonchev–Trinajstić information content (AvgIpc) is 2.82. The second-order valence-corrected chi connectivity index (χ2v) is 4.73. The molecule has 0 bridgehead atoms. The van der Waals surface area contributed by atoms with Gasteiger partial charge in [0.05, 0.1) is 25.9 Å². The van der Waals surface area contributed by atoms with E-state index in [9.17, 15) is 0 Å². The molecular formula is C14H21NO2. The molecule has 1 aromatic carbocycles. The number of hydrogen-bond acceptors (Lipinski definition) is 3. The van der Waals surface area contributed by atoms with Crippen LogP contribution < -0.4 is 5.73 Å². The van der Waals surface area contributed by atoms with Gasteiger partial charge in [0.1, 0.15) is 0 Å². The Bertz CT molecular complexity index is 348. The SMILES string of the molecule is Cc1ccccc1C(N)COCC1CCOC1. The Kier molecular flexibility index (Phi) is 4.54. The zero-order valence-corrected chi connectivity index (χ0v) is 10.4. The standard InChI is InChI=1S/C14H21NO2/c1-11-4-2-3-5-13(11)14(15)10-17-9-12-6-7-16-8-12/h2-5,12,14H,6-10,15H2,1H3. The first-order valence-corrected chi connectivity index (χ1v) is 6.24. The highest BCUT2D eigenvalue weighted by atomic mass is 16.5. The van der Waals surface area contributed by atoms with Gasteiger partial charge in [-0.2, -0.15) is 0 Å². The van der Waals surface area contributed by atoms with E-state index in [1.807, 2.05) is 12.1 Å². The lowest BCUT2D eigenvalue weighted by Crippen LogP contribution is -2.20. The van der Waals surface area contributed by atoms with Gasteiger partial charge in [0.2, 0.25) is 0 Å². The maximum absolute atomic E-state index is 6.12. The van der Waals surface area contributed by atoms with Crippen LogP contribution in [0.1, 0.15) is 23.6 Å². The third kappa shape index (κ3) is 3.53. The fourth-order valence-corrected chi connectivity index (χ4v) is 2.17. The molecule has 2 atom stereocenters. The predicted octanol–water partition coefficient (Wildman–Crippen LogP) is 2.05. The minimum Gasteiger partial charge on any atom is -0.381 e. The van der Waals surface area contributed by atoms with E-state index in [-0.39, 0.29) is 6.04 Å². The number of rotatable bonds is 5. The normalized spacial score (nSPS) is 21.6. The maximum Gasteiger partial charge on any atom is 0.0659 e. The van der Waals surface area contributed by atoms with Gasteiger partial charge in [-0.05, 0) is 24.5 Å². The molecular weight excluding hydrogens is 214 g/mol. The predicted molar refractivity (Wildman–Crippen MR) is 67.9 cm³/mol. The van der Waals surface area contributed by atoms with Gasteiger partial charge in [0.25, 0.3) is 0 Å². The smallest absolute Gasteiger partial charge is 0.0659 e. The number of hydrogen-bond donors (Lipinski definition) is 1. The van der Waals surface area contributed by atoms with E-state index < -0.39 is 0 Å². The molecule has 0 saturated carbocycles. The van der Waals surface area contributed by atoms with Crippen LogP contribution in [0.15, 0.2) is 24.3 Å². The van der Waals surface area contributed by atoms with Crippen LogP contribution in [-0.4, -0.2) is 26.4 Å². The van der Waals surface area contributed by atoms with Gasteiger partial charge in [0, 0.05) is 12.5 Å². The number of ether oxygens (including phenoxy) is 2. The molecule has 1 heterocycles. The first-order chi connectivity index (χ1) is 8.27. The molecule has 2 rings (SSSR count). The molecule has 17 heavy (non-hydrogen) atoms. The van der Waals surface area contributed by atoms with E-state index in [2.05, 4.69) is 19.1 Å². The topological polar surface area (TPSA) is 44.5 Å². The lowest BCUT2D eigenvalue weighted by molar-refractivity contribution is 0.0808. The van der Waals surface area contributed by atoms with Crippen molar-refractivity contribution in [3.63, 3.8) is 0 Å². The number of nitrogens with two attached hydrogens (primary N) is 1. The molecule has 1 fully saturated rings. The molecule has 0 radical (unpaired) electrons. The van der Waals surface area contributed by atoms with Gasteiger partial charge in [-0.15, -0.1) is 0 Å². The Morgan fingerprint density at radius 1 is 1.47 bits per heavy atom. The van der Waals surface area contributed by atoms with Crippen LogP contribution in [0, 0.1) is 12.8 Å². The molecule has 1 aliphatic rings. The first kappa shape index (κ1) is 12.6. The molecule has 3 heteroatoms. The fraction of sp³-hybridized carbons (Fsp3) is 0.571. The summed E-state index contributed by atoms with van der Waals surface area (Å²) in [5.41, 5.74) is 8.53. The summed E-state index contributed by atoms with van der Waals surface area (Å²) in [5, 5.41) is 0. The monoisotopic (exact) mass is 235 g/mol. The van der Waals surface area contributed by atoms with Gasteiger partial charge >= 0.3 is 0 Å². The van der Waals surface area contributed by atoms with E-state index in [1.54, 1.807) is 0 Å². The molecule has 1 aliphatic heterocycles. The van der Waals surface area contributed by atoms with Crippen molar-refractivity contribution in [1.29, 1.82) is 0 Å². The molecule has 94 valence electrons. The first-order valence-electron chi connectivity index (χ1n) is 6.24. The van der Waals surface area contributed by atoms with Crippen LogP contribution in [0.3, 0.4) is 0 Å². The molecule has 2 unspecified atom stereocenters. The molecule has 0 aliphatic carbocycles. The lowest BCUT2D eigenvalue weighted by Gasteiger charge is -2.16. The minimum atomic E-state index is -0.0291. The summed E-state index contributed by atoms with van der Waals surface area (Å²) in [6, 6.07) is 8.18.